The van der Waals surface area contributed by atoms with E-state index >= 15 is 0 Å². The molecule has 0 saturated carbocycles. The number of carbonyl (C=O) groups is 1. The molecule has 1 heterocycles. The van der Waals surface area contributed by atoms with Gasteiger partial charge in [-0.25, -0.2) is 9.78 Å². The third-order valence-electron chi connectivity index (χ3n) is 1.63. The second-order valence-corrected chi connectivity index (χ2v) is 3.16. The molecule has 0 radical (unpaired) electrons. The summed E-state index contributed by atoms with van der Waals surface area (Å²) in [6.07, 6.45) is 2.06. The van der Waals surface area contributed by atoms with Crippen molar-refractivity contribution < 1.29 is 9.90 Å². The van der Waals surface area contributed by atoms with E-state index in [2.05, 4.69) is 15.6 Å². The first-order valence-corrected chi connectivity index (χ1v) is 4.88. The summed E-state index contributed by atoms with van der Waals surface area (Å²) in [4.78, 5) is 15.1. The Morgan fingerprint density at radius 2 is 2.40 bits per heavy atom. The van der Waals surface area contributed by atoms with E-state index < -0.39 is 0 Å². The number of aromatic nitrogens is 1. The van der Waals surface area contributed by atoms with Crippen LogP contribution in [-0.2, 0) is 0 Å². The molecular weight excluding hydrogens is 218 g/mol. The average molecular weight is 230 g/mol. The fraction of sp³-hybridized carbons (Fsp3) is 0.333. The van der Waals surface area contributed by atoms with Crippen molar-refractivity contribution in [3.63, 3.8) is 0 Å². The number of rotatable bonds is 4. The highest BCUT2D eigenvalue weighted by molar-refractivity contribution is 6.32. The van der Waals surface area contributed by atoms with Gasteiger partial charge in [-0.3, -0.25) is 0 Å². The van der Waals surface area contributed by atoms with E-state index in [0.29, 0.717) is 18.7 Å². The van der Waals surface area contributed by atoms with E-state index in [1.165, 1.54) is 6.20 Å². The highest BCUT2D eigenvalue weighted by Gasteiger charge is 2.04. The van der Waals surface area contributed by atoms with Crippen molar-refractivity contribution in [3.05, 3.63) is 23.5 Å². The molecule has 6 heteroatoms. The van der Waals surface area contributed by atoms with E-state index in [1.807, 2.05) is 0 Å². The van der Waals surface area contributed by atoms with Crippen LogP contribution in [0.2, 0.25) is 5.15 Å². The zero-order valence-corrected chi connectivity index (χ0v) is 8.79. The first-order valence-electron chi connectivity index (χ1n) is 4.50. The van der Waals surface area contributed by atoms with Crippen molar-refractivity contribution >= 4 is 23.3 Å². The molecule has 15 heavy (non-hydrogen) atoms. The van der Waals surface area contributed by atoms with Crippen molar-refractivity contribution in [1.29, 1.82) is 0 Å². The lowest BCUT2D eigenvalue weighted by Gasteiger charge is -2.07. The van der Waals surface area contributed by atoms with Gasteiger partial charge in [-0.2, -0.15) is 0 Å². The molecule has 2 amide bonds. The topological polar surface area (TPSA) is 74.2 Å². The fourth-order valence-electron chi connectivity index (χ4n) is 0.927. The molecule has 0 atom stereocenters. The van der Waals surface area contributed by atoms with Crippen LogP contribution in [0.3, 0.4) is 0 Å². The van der Waals surface area contributed by atoms with Gasteiger partial charge in [0.1, 0.15) is 0 Å². The zero-order valence-electron chi connectivity index (χ0n) is 8.03. The molecular formula is C9H12ClN3O2. The number of halogens is 1. The van der Waals surface area contributed by atoms with Crippen LogP contribution < -0.4 is 10.6 Å². The van der Waals surface area contributed by atoms with E-state index in [-0.39, 0.29) is 17.8 Å². The maximum Gasteiger partial charge on any atom is 0.319 e. The van der Waals surface area contributed by atoms with Gasteiger partial charge in [0.2, 0.25) is 0 Å². The molecule has 0 fully saturated rings. The number of carbonyl (C=O) groups excluding carboxylic acids is 1. The summed E-state index contributed by atoms with van der Waals surface area (Å²) in [5, 5.41) is 13.9. The maximum atomic E-state index is 11.2. The lowest BCUT2D eigenvalue weighted by molar-refractivity contribution is 0.249. The number of pyridine rings is 1. The minimum absolute atomic E-state index is 0.0495. The van der Waals surface area contributed by atoms with Crippen LogP contribution in [0.5, 0.6) is 0 Å². The van der Waals surface area contributed by atoms with Gasteiger partial charge in [-0.15, -0.1) is 0 Å². The van der Waals surface area contributed by atoms with Gasteiger partial charge >= 0.3 is 6.03 Å². The molecule has 5 nitrogen and oxygen atoms in total. The Bertz CT molecular complexity index is 333. The van der Waals surface area contributed by atoms with Gasteiger partial charge in [-0.05, 0) is 18.6 Å². The van der Waals surface area contributed by atoms with Gasteiger partial charge in [-0.1, -0.05) is 11.6 Å². The Kier molecular flexibility index (Phi) is 4.86. The largest absolute Gasteiger partial charge is 0.396 e. The third-order valence-corrected chi connectivity index (χ3v) is 1.93. The number of aliphatic hydroxyl groups is 1. The van der Waals surface area contributed by atoms with Crippen LogP contribution >= 0.6 is 11.6 Å². The summed E-state index contributed by atoms with van der Waals surface area (Å²) in [5.41, 5.74) is 0.459. The molecule has 0 aromatic carbocycles. The molecule has 0 unspecified atom stereocenters. The molecule has 0 saturated heterocycles. The Morgan fingerprint density at radius 1 is 1.60 bits per heavy atom. The second-order valence-electron chi connectivity index (χ2n) is 2.80. The number of nitrogens with zero attached hydrogens (tertiary/aromatic N) is 1. The minimum Gasteiger partial charge on any atom is -0.396 e. The van der Waals surface area contributed by atoms with Crippen molar-refractivity contribution in [2.24, 2.45) is 0 Å². The summed E-state index contributed by atoms with van der Waals surface area (Å²) < 4.78 is 0. The molecule has 3 N–H and O–H groups in total. The second kappa shape index (κ2) is 6.21. The number of aliphatic hydroxyl groups excluding tert-OH is 1. The quantitative estimate of drug-likeness (QED) is 0.537. The molecule has 1 aromatic heterocycles. The zero-order chi connectivity index (χ0) is 11.1. The summed E-state index contributed by atoms with van der Waals surface area (Å²) in [6.45, 7) is 0.466. The molecule has 0 aliphatic carbocycles. The van der Waals surface area contributed by atoms with Crippen LogP contribution in [0.25, 0.3) is 0 Å². The van der Waals surface area contributed by atoms with Crippen LogP contribution in [-0.4, -0.2) is 29.3 Å². The first kappa shape index (κ1) is 11.7. The van der Waals surface area contributed by atoms with Crippen LogP contribution in [0.1, 0.15) is 6.42 Å². The number of amides is 2. The van der Waals surface area contributed by atoms with E-state index in [0.717, 1.165) is 0 Å². The molecule has 1 aromatic rings. The molecule has 0 aliphatic rings. The number of hydrogen-bond acceptors (Lipinski definition) is 3. The lowest BCUT2D eigenvalue weighted by Crippen LogP contribution is -2.30. The highest BCUT2D eigenvalue weighted by Crippen LogP contribution is 2.16. The molecule has 82 valence electrons. The molecule has 0 spiro atoms. The number of hydrogen-bond donors (Lipinski definition) is 3. The Balaban J connectivity index is 2.41. The summed E-state index contributed by atoms with van der Waals surface area (Å²) in [5.74, 6) is 0. The number of urea groups is 1. The van der Waals surface area contributed by atoms with Crippen LogP contribution in [0, 0.1) is 0 Å². The van der Waals surface area contributed by atoms with Gasteiger partial charge in [0.15, 0.2) is 5.15 Å². The minimum atomic E-state index is -0.363. The fourth-order valence-corrected chi connectivity index (χ4v) is 1.09. The van der Waals surface area contributed by atoms with E-state index in [4.69, 9.17) is 16.7 Å². The number of anilines is 1. The Hall–Kier alpha value is -1.33. The maximum absolute atomic E-state index is 11.2. The van der Waals surface area contributed by atoms with Crippen LogP contribution in [0.15, 0.2) is 18.3 Å². The van der Waals surface area contributed by atoms with E-state index in [9.17, 15) is 4.79 Å². The van der Waals surface area contributed by atoms with Gasteiger partial charge in [0.25, 0.3) is 0 Å². The smallest absolute Gasteiger partial charge is 0.319 e. The summed E-state index contributed by atoms with van der Waals surface area (Å²) in [7, 11) is 0. The third kappa shape index (κ3) is 4.14. The van der Waals surface area contributed by atoms with Gasteiger partial charge in [0.05, 0.1) is 5.69 Å². The van der Waals surface area contributed by atoms with Crippen LogP contribution in [0.4, 0.5) is 10.5 Å². The number of nitrogens with one attached hydrogen (secondary N) is 2. The summed E-state index contributed by atoms with van der Waals surface area (Å²) >= 11 is 5.74. The normalized spacial score (nSPS) is 9.73. The summed E-state index contributed by atoms with van der Waals surface area (Å²) in [6, 6.07) is 2.97. The SMILES string of the molecule is O=C(NCCCO)Nc1cccnc1Cl. The highest BCUT2D eigenvalue weighted by atomic mass is 35.5. The standard InChI is InChI=1S/C9H12ClN3O2/c10-8-7(3-1-4-11-8)13-9(15)12-5-2-6-14/h1,3-4,14H,2,5-6H2,(H2,12,13,15). The Morgan fingerprint density at radius 3 is 3.07 bits per heavy atom. The van der Waals surface area contributed by atoms with Crippen molar-refractivity contribution in [2.45, 2.75) is 6.42 Å². The molecule has 0 bridgehead atoms. The first-order chi connectivity index (χ1) is 7.24. The van der Waals surface area contributed by atoms with E-state index in [1.54, 1.807) is 12.1 Å². The van der Waals surface area contributed by atoms with Crippen molar-refractivity contribution in [2.75, 3.05) is 18.5 Å². The Labute approximate surface area is 92.5 Å². The molecule has 1 rings (SSSR count). The molecule has 0 aliphatic heterocycles. The van der Waals surface area contributed by atoms with Gasteiger partial charge < -0.3 is 15.7 Å². The average Bonchev–Trinajstić information content (AvgIpc) is 2.22. The van der Waals surface area contributed by atoms with Gasteiger partial charge in [0, 0.05) is 19.3 Å². The monoisotopic (exact) mass is 229 g/mol. The van der Waals surface area contributed by atoms with Crippen molar-refractivity contribution in [3.8, 4) is 0 Å². The lowest BCUT2D eigenvalue weighted by atomic mass is 10.4. The van der Waals surface area contributed by atoms with Crippen molar-refractivity contribution in [1.82, 2.24) is 10.3 Å². The predicted octanol–water partition coefficient (Wildman–Crippen LogP) is 1.24. The predicted molar refractivity (Wildman–Crippen MR) is 58.0 cm³/mol.